The van der Waals surface area contributed by atoms with Crippen molar-refractivity contribution in [2.24, 2.45) is 0 Å². The second kappa shape index (κ2) is 7.32. The molecular weight excluding hydrogens is 392 g/mol. The first-order valence-corrected chi connectivity index (χ1v) is 9.58. The standard InChI is InChI=1S/C16H11ClN6OS2/c17-14-6-5-13(26-14)12-8-25-16(19-12)20-15(24)7-10-1-3-11(4-2-10)23-9-18-21-22-23/h1-6,8-9H,7H2,(H,19,20,24). The van der Waals surface area contributed by atoms with Gasteiger partial charge in [0.2, 0.25) is 5.91 Å². The SMILES string of the molecule is O=C(Cc1ccc(-n2cnnn2)cc1)Nc1nc(-c2ccc(Cl)s2)cs1. The molecule has 0 saturated carbocycles. The summed E-state index contributed by atoms with van der Waals surface area (Å²) in [6, 6.07) is 11.2. The van der Waals surface area contributed by atoms with Crippen molar-refractivity contribution in [1.82, 2.24) is 25.2 Å². The number of amides is 1. The van der Waals surface area contributed by atoms with E-state index in [0.29, 0.717) is 9.47 Å². The van der Waals surface area contributed by atoms with Gasteiger partial charge >= 0.3 is 0 Å². The molecule has 4 rings (SSSR count). The maximum Gasteiger partial charge on any atom is 0.230 e. The van der Waals surface area contributed by atoms with Crippen LogP contribution in [0.25, 0.3) is 16.3 Å². The molecule has 4 aromatic rings. The Bertz CT molecular complexity index is 1030. The van der Waals surface area contributed by atoms with Gasteiger partial charge in [0.25, 0.3) is 0 Å². The molecular formula is C16H11ClN6OS2. The summed E-state index contributed by atoms with van der Waals surface area (Å²) < 4.78 is 2.27. The van der Waals surface area contributed by atoms with Gasteiger partial charge in [-0.05, 0) is 40.3 Å². The van der Waals surface area contributed by atoms with E-state index in [0.717, 1.165) is 21.8 Å². The van der Waals surface area contributed by atoms with E-state index in [1.807, 2.05) is 41.8 Å². The molecule has 10 heteroatoms. The van der Waals surface area contributed by atoms with E-state index in [-0.39, 0.29) is 12.3 Å². The first kappa shape index (κ1) is 16.8. The van der Waals surface area contributed by atoms with E-state index in [1.54, 1.807) is 4.68 Å². The molecule has 0 spiro atoms. The summed E-state index contributed by atoms with van der Waals surface area (Å²) in [6.07, 6.45) is 1.78. The summed E-state index contributed by atoms with van der Waals surface area (Å²) in [4.78, 5) is 17.7. The van der Waals surface area contributed by atoms with Crippen LogP contribution in [0.1, 0.15) is 5.56 Å². The predicted molar refractivity (Wildman–Crippen MR) is 102 cm³/mol. The number of rotatable bonds is 5. The highest BCUT2D eigenvalue weighted by Crippen LogP contribution is 2.32. The fraction of sp³-hybridized carbons (Fsp3) is 0.0625. The van der Waals surface area contributed by atoms with Crippen molar-refractivity contribution in [3.8, 4) is 16.3 Å². The Hall–Kier alpha value is -2.62. The minimum absolute atomic E-state index is 0.120. The van der Waals surface area contributed by atoms with E-state index in [4.69, 9.17) is 11.6 Å². The molecule has 0 fully saturated rings. The third-order valence-electron chi connectivity index (χ3n) is 3.49. The van der Waals surface area contributed by atoms with E-state index in [9.17, 15) is 4.79 Å². The van der Waals surface area contributed by atoms with Crippen LogP contribution in [-0.2, 0) is 11.2 Å². The number of hydrogen-bond acceptors (Lipinski definition) is 7. The van der Waals surface area contributed by atoms with Crippen LogP contribution in [0.4, 0.5) is 5.13 Å². The van der Waals surface area contributed by atoms with Crippen molar-refractivity contribution in [3.63, 3.8) is 0 Å². The molecule has 0 aliphatic rings. The number of aromatic nitrogens is 5. The number of anilines is 1. The van der Waals surface area contributed by atoms with Crippen LogP contribution in [0, 0.1) is 0 Å². The van der Waals surface area contributed by atoms with Crippen molar-refractivity contribution in [2.45, 2.75) is 6.42 Å². The molecule has 3 aromatic heterocycles. The molecule has 1 aromatic carbocycles. The molecule has 1 N–H and O–H groups in total. The Balaban J connectivity index is 1.39. The summed E-state index contributed by atoms with van der Waals surface area (Å²) in [5.74, 6) is -0.120. The number of thiophene rings is 1. The summed E-state index contributed by atoms with van der Waals surface area (Å²) in [5.41, 5.74) is 2.53. The number of hydrogen-bond donors (Lipinski definition) is 1. The lowest BCUT2D eigenvalue weighted by Gasteiger charge is -2.04. The zero-order valence-electron chi connectivity index (χ0n) is 13.2. The molecule has 3 heterocycles. The molecule has 130 valence electrons. The number of nitrogens with zero attached hydrogens (tertiary/aromatic N) is 5. The molecule has 0 saturated heterocycles. The number of carbonyl (C=O) groups is 1. The lowest BCUT2D eigenvalue weighted by atomic mass is 10.1. The van der Waals surface area contributed by atoms with Crippen LogP contribution in [0.15, 0.2) is 48.1 Å². The Morgan fingerprint density at radius 1 is 1.19 bits per heavy atom. The Labute approximate surface area is 161 Å². The minimum Gasteiger partial charge on any atom is -0.302 e. The van der Waals surface area contributed by atoms with E-state index in [2.05, 4.69) is 25.8 Å². The van der Waals surface area contributed by atoms with Gasteiger partial charge in [0.1, 0.15) is 6.33 Å². The van der Waals surface area contributed by atoms with Crippen LogP contribution < -0.4 is 5.32 Å². The first-order valence-electron chi connectivity index (χ1n) is 7.51. The average Bonchev–Trinajstić information content (AvgIpc) is 3.37. The van der Waals surface area contributed by atoms with Gasteiger partial charge in [0, 0.05) is 5.38 Å². The molecule has 0 radical (unpaired) electrons. The summed E-state index contributed by atoms with van der Waals surface area (Å²) in [6.45, 7) is 0. The number of nitrogens with one attached hydrogen (secondary N) is 1. The smallest absolute Gasteiger partial charge is 0.230 e. The zero-order valence-corrected chi connectivity index (χ0v) is 15.6. The normalized spacial score (nSPS) is 10.8. The van der Waals surface area contributed by atoms with Gasteiger partial charge in [-0.2, -0.15) is 0 Å². The highest BCUT2D eigenvalue weighted by Gasteiger charge is 2.10. The maximum atomic E-state index is 12.2. The van der Waals surface area contributed by atoms with Crippen molar-refractivity contribution in [2.75, 3.05) is 5.32 Å². The molecule has 0 aliphatic carbocycles. The van der Waals surface area contributed by atoms with Crippen LogP contribution in [-0.4, -0.2) is 31.1 Å². The van der Waals surface area contributed by atoms with Crippen LogP contribution >= 0.6 is 34.3 Å². The lowest BCUT2D eigenvalue weighted by Crippen LogP contribution is -2.14. The monoisotopic (exact) mass is 402 g/mol. The Morgan fingerprint density at radius 3 is 2.73 bits per heavy atom. The molecule has 26 heavy (non-hydrogen) atoms. The van der Waals surface area contributed by atoms with Crippen molar-refractivity contribution in [3.05, 3.63) is 58.0 Å². The number of tetrazole rings is 1. The number of benzene rings is 1. The molecule has 7 nitrogen and oxygen atoms in total. The van der Waals surface area contributed by atoms with Crippen molar-refractivity contribution >= 4 is 45.3 Å². The van der Waals surface area contributed by atoms with Crippen LogP contribution in [0.3, 0.4) is 0 Å². The molecule has 1 amide bonds. The van der Waals surface area contributed by atoms with Gasteiger partial charge in [-0.15, -0.1) is 27.8 Å². The summed E-state index contributed by atoms with van der Waals surface area (Å²) in [7, 11) is 0. The van der Waals surface area contributed by atoms with E-state index < -0.39 is 0 Å². The highest BCUT2D eigenvalue weighted by atomic mass is 35.5. The second-order valence-electron chi connectivity index (χ2n) is 5.29. The third-order valence-corrected chi connectivity index (χ3v) is 5.50. The lowest BCUT2D eigenvalue weighted by molar-refractivity contribution is -0.115. The molecule has 0 bridgehead atoms. The Morgan fingerprint density at radius 2 is 2.04 bits per heavy atom. The average molecular weight is 403 g/mol. The zero-order chi connectivity index (χ0) is 17.9. The van der Waals surface area contributed by atoms with Crippen molar-refractivity contribution in [1.29, 1.82) is 0 Å². The van der Waals surface area contributed by atoms with Crippen molar-refractivity contribution < 1.29 is 4.79 Å². The number of thiazole rings is 1. The van der Waals surface area contributed by atoms with Crippen LogP contribution in [0.5, 0.6) is 0 Å². The van der Waals surface area contributed by atoms with Gasteiger partial charge in [-0.3, -0.25) is 4.79 Å². The van der Waals surface area contributed by atoms with Gasteiger partial charge < -0.3 is 5.32 Å². The highest BCUT2D eigenvalue weighted by molar-refractivity contribution is 7.20. The van der Waals surface area contributed by atoms with Gasteiger partial charge in [0.05, 0.1) is 27.0 Å². The molecule has 0 atom stereocenters. The number of carbonyl (C=O) groups excluding carboxylic acids is 1. The maximum absolute atomic E-state index is 12.2. The minimum atomic E-state index is -0.120. The fourth-order valence-corrected chi connectivity index (χ4v) is 4.10. The quantitative estimate of drug-likeness (QED) is 0.550. The second-order valence-corrected chi connectivity index (χ2v) is 7.86. The summed E-state index contributed by atoms with van der Waals surface area (Å²) in [5, 5.41) is 16.3. The fourth-order valence-electron chi connectivity index (χ4n) is 2.29. The predicted octanol–water partition coefficient (Wildman–Crippen LogP) is 3.68. The van der Waals surface area contributed by atoms with E-state index in [1.165, 1.54) is 29.0 Å². The Kier molecular flexibility index (Phi) is 4.74. The summed E-state index contributed by atoms with van der Waals surface area (Å²) >= 11 is 8.79. The topological polar surface area (TPSA) is 85.6 Å². The third kappa shape index (κ3) is 3.79. The van der Waals surface area contributed by atoms with Gasteiger partial charge in [-0.25, -0.2) is 9.67 Å². The first-order chi connectivity index (χ1) is 12.7. The largest absolute Gasteiger partial charge is 0.302 e. The molecule has 0 aliphatic heterocycles. The van der Waals surface area contributed by atoms with Crippen LogP contribution in [0.2, 0.25) is 4.34 Å². The van der Waals surface area contributed by atoms with E-state index >= 15 is 0 Å². The van der Waals surface area contributed by atoms with Gasteiger partial charge in [0.15, 0.2) is 5.13 Å². The van der Waals surface area contributed by atoms with Gasteiger partial charge in [-0.1, -0.05) is 23.7 Å². The molecule has 0 unspecified atom stereocenters. The number of halogens is 1.